The van der Waals surface area contributed by atoms with Crippen LogP contribution >= 0.6 is 19.7 Å². The predicted octanol–water partition coefficient (Wildman–Crippen LogP) is 2.66. The molecule has 0 radical (unpaired) electrons. The molecule has 2 aromatic heterocycles. The number of pyridine rings is 1. The Balaban J connectivity index is 0.000000461. The van der Waals surface area contributed by atoms with Gasteiger partial charge in [-0.25, -0.2) is 8.78 Å². The van der Waals surface area contributed by atoms with E-state index in [4.69, 9.17) is 0 Å². The first-order chi connectivity index (χ1) is 6.70. The summed E-state index contributed by atoms with van der Waals surface area (Å²) in [5.41, 5.74) is 0.296. The van der Waals surface area contributed by atoms with Gasteiger partial charge in [0.15, 0.2) is 11.6 Å². The summed E-state index contributed by atoms with van der Waals surface area (Å²) in [5, 5.41) is 0.137. The van der Waals surface area contributed by atoms with Crippen molar-refractivity contribution in [2.24, 2.45) is 0 Å². The quantitative estimate of drug-likeness (QED) is 0.538. The Morgan fingerprint density at radius 2 is 2.00 bits per heavy atom. The summed E-state index contributed by atoms with van der Waals surface area (Å²) in [7, 11) is 0. The standard InChI is InChI=1S/C8H5F2N2.HI.Os/c1-4-6(9)7(10)5-2-3-11-8(5)12-4;;/h2-3H,1H3;1H;/q-1;;+1/p-1. The van der Waals surface area contributed by atoms with Gasteiger partial charge in [0.1, 0.15) is 0 Å². The molecule has 2 aromatic rings. The molecular weight excluding hydrogens is 479 g/mol. The monoisotopic (exact) mass is 486 g/mol. The molecule has 0 aliphatic heterocycles. The zero-order valence-corrected chi connectivity index (χ0v) is 11.7. The van der Waals surface area contributed by atoms with Crippen molar-refractivity contribution in [2.45, 2.75) is 6.92 Å². The van der Waals surface area contributed by atoms with Gasteiger partial charge in [-0.1, -0.05) is 12.3 Å². The van der Waals surface area contributed by atoms with E-state index in [9.17, 15) is 8.78 Å². The molecule has 0 saturated heterocycles. The van der Waals surface area contributed by atoms with E-state index in [2.05, 4.69) is 29.6 Å². The van der Waals surface area contributed by atoms with Gasteiger partial charge in [-0.15, -0.1) is 0 Å². The Morgan fingerprint density at radius 3 is 2.64 bits per heavy atom. The van der Waals surface area contributed by atoms with E-state index in [1.807, 2.05) is 15.1 Å². The van der Waals surface area contributed by atoms with Gasteiger partial charge in [-0.2, -0.15) is 0 Å². The van der Waals surface area contributed by atoms with Crippen molar-refractivity contribution in [1.29, 1.82) is 0 Å². The van der Waals surface area contributed by atoms with Crippen molar-refractivity contribution in [3.63, 3.8) is 0 Å². The van der Waals surface area contributed by atoms with Crippen LogP contribution in [-0.2, 0) is 15.1 Å². The van der Waals surface area contributed by atoms with Crippen molar-refractivity contribution in [1.82, 2.24) is 9.97 Å². The SMILES string of the molecule is Cc1nc2[n-]ccc2c(F)c1F.[I][Os]. The summed E-state index contributed by atoms with van der Waals surface area (Å²) in [6, 6.07) is 1.40. The van der Waals surface area contributed by atoms with E-state index in [-0.39, 0.29) is 16.7 Å². The number of rotatable bonds is 0. The maximum absolute atomic E-state index is 13.0. The zero-order valence-electron chi connectivity index (χ0n) is 7.04. The number of nitrogens with zero attached hydrogens (tertiary/aromatic N) is 2. The first-order valence-corrected chi connectivity index (χ1v) is 10.8. The average molecular weight is 484 g/mol. The minimum absolute atomic E-state index is 0.0405. The van der Waals surface area contributed by atoms with Crippen LogP contribution in [0.5, 0.6) is 0 Å². The van der Waals surface area contributed by atoms with Gasteiger partial charge in [0.2, 0.25) is 0 Å². The maximum atomic E-state index is 13.0. The second kappa shape index (κ2) is 5.13. The Labute approximate surface area is 101 Å². The summed E-state index contributed by atoms with van der Waals surface area (Å²) < 4.78 is 25.9. The molecular formula is C8H5F2IN2Os-. The topological polar surface area (TPSA) is 27.0 Å². The summed E-state index contributed by atoms with van der Waals surface area (Å²) >= 11 is 4.01. The van der Waals surface area contributed by atoms with Gasteiger partial charge in [-0.3, -0.25) is 0 Å². The number of halogens is 3. The molecule has 2 heterocycles. The predicted molar refractivity (Wildman–Crippen MR) is 53.7 cm³/mol. The van der Waals surface area contributed by atoms with Crippen molar-refractivity contribution in [3.8, 4) is 0 Å². The molecule has 6 heteroatoms. The van der Waals surface area contributed by atoms with Gasteiger partial charge in [0.25, 0.3) is 0 Å². The van der Waals surface area contributed by atoms with Crippen LogP contribution in [0.4, 0.5) is 8.78 Å². The number of aromatic nitrogens is 2. The van der Waals surface area contributed by atoms with E-state index in [1.54, 1.807) is 0 Å². The molecule has 0 aliphatic carbocycles. The van der Waals surface area contributed by atoms with Crippen LogP contribution in [0.15, 0.2) is 12.3 Å². The Hall–Kier alpha value is -0.0836. The average Bonchev–Trinajstić information content (AvgIpc) is 2.65. The molecule has 0 fully saturated rings. The molecule has 0 N–H and O–H groups in total. The zero-order chi connectivity index (χ0) is 10.7. The number of aryl methyl sites for hydroxylation is 1. The molecule has 14 heavy (non-hydrogen) atoms. The Kier molecular flexibility index (Phi) is 4.39. The van der Waals surface area contributed by atoms with Gasteiger partial charge < -0.3 is 9.97 Å². The summed E-state index contributed by atoms with van der Waals surface area (Å²) in [6.07, 6.45) is 1.40. The van der Waals surface area contributed by atoms with Gasteiger partial charge >= 0.3 is 34.7 Å². The van der Waals surface area contributed by atoms with Crippen LogP contribution in [0.2, 0.25) is 0 Å². The summed E-state index contributed by atoms with van der Waals surface area (Å²) in [5.74, 6) is -1.76. The first kappa shape index (κ1) is 12.0. The fraction of sp³-hybridized carbons (Fsp3) is 0.125. The van der Waals surface area contributed by atoms with Crippen molar-refractivity contribution in [2.75, 3.05) is 0 Å². The third-order valence-electron chi connectivity index (χ3n) is 1.70. The molecule has 0 unspecified atom stereocenters. The van der Waals surface area contributed by atoms with E-state index in [0.717, 1.165) is 0 Å². The molecule has 0 saturated carbocycles. The minimum atomic E-state index is -0.893. The second-order valence-electron chi connectivity index (χ2n) is 2.51. The third kappa shape index (κ3) is 2.11. The molecule has 0 amide bonds. The molecule has 2 rings (SSSR count). The summed E-state index contributed by atoms with van der Waals surface area (Å²) in [6.45, 7) is 1.41. The molecule has 0 atom stereocenters. The third-order valence-corrected chi connectivity index (χ3v) is 1.70. The normalized spacial score (nSPS) is 9.79. The molecule has 0 aliphatic rings. The fourth-order valence-electron chi connectivity index (χ4n) is 1.07. The second-order valence-corrected chi connectivity index (χ2v) is 2.51. The Bertz CT molecular complexity index is 444. The van der Waals surface area contributed by atoms with E-state index >= 15 is 0 Å². The van der Waals surface area contributed by atoms with Crippen LogP contribution in [0, 0.1) is 18.6 Å². The summed E-state index contributed by atoms with van der Waals surface area (Å²) in [4.78, 5) is 7.53. The van der Waals surface area contributed by atoms with Crippen LogP contribution in [-0.4, -0.2) is 4.98 Å². The van der Waals surface area contributed by atoms with Crippen molar-refractivity contribution >= 4 is 30.7 Å². The van der Waals surface area contributed by atoms with Crippen LogP contribution in [0.3, 0.4) is 0 Å². The van der Waals surface area contributed by atoms with E-state index in [0.29, 0.717) is 0 Å². The van der Waals surface area contributed by atoms with E-state index in [1.165, 1.54) is 19.2 Å². The molecule has 0 bridgehead atoms. The Morgan fingerprint density at radius 1 is 1.36 bits per heavy atom. The van der Waals surface area contributed by atoms with Crippen LogP contribution in [0.1, 0.15) is 5.69 Å². The fourth-order valence-corrected chi connectivity index (χ4v) is 1.07. The molecule has 0 spiro atoms. The molecule has 0 aromatic carbocycles. The van der Waals surface area contributed by atoms with Crippen LogP contribution in [0.25, 0.3) is 11.0 Å². The molecule has 2 nitrogen and oxygen atoms in total. The molecule has 77 valence electrons. The van der Waals surface area contributed by atoms with E-state index < -0.39 is 11.6 Å². The van der Waals surface area contributed by atoms with Crippen molar-refractivity contribution < 1.29 is 23.8 Å². The van der Waals surface area contributed by atoms with Crippen molar-refractivity contribution in [3.05, 3.63) is 29.6 Å². The number of hydrogen-bond acceptors (Lipinski definition) is 1. The van der Waals surface area contributed by atoms with Gasteiger partial charge in [0, 0.05) is 5.39 Å². The number of hydrogen-bond donors (Lipinski definition) is 0. The van der Waals surface area contributed by atoms with Gasteiger partial charge in [0.05, 0.1) is 0 Å². The van der Waals surface area contributed by atoms with Crippen LogP contribution < -0.4 is 4.98 Å². The first-order valence-electron chi connectivity index (χ1n) is 3.56. The number of fused-ring (bicyclic) bond motifs is 1. The van der Waals surface area contributed by atoms with Gasteiger partial charge in [-0.05, 0) is 18.3 Å².